The first-order chi connectivity index (χ1) is 13.4. The molecule has 2 fully saturated rings. The number of likely N-dealkylation sites (tertiary alicyclic amines) is 1. The second-order valence-electron chi connectivity index (χ2n) is 8.19. The van der Waals surface area contributed by atoms with Crippen molar-refractivity contribution < 1.29 is 8.42 Å². The first-order valence-corrected chi connectivity index (χ1v) is 12.2. The van der Waals surface area contributed by atoms with Gasteiger partial charge in [-0.2, -0.15) is 5.10 Å². The van der Waals surface area contributed by atoms with Crippen LogP contribution in [0, 0.1) is 10.7 Å². The Bertz CT molecular complexity index is 973. The highest BCUT2D eigenvalue weighted by Crippen LogP contribution is 2.28. The van der Waals surface area contributed by atoms with Crippen molar-refractivity contribution in [2.45, 2.75) is 38.3 Å². The van der Waals surface area contributed by atoms with E-state index >= 15 is 0 Å². The van der Waals surface area contributed by atoms with Crippen molar-refractivity contribution in [1.82, 2.24) is 19.2 Å². The minimum Gasteiger partial charge on any atom is -0.307 e. The maximum atomic E-state index is 11.8. The van der Waals surface area contributed by atoms with Crippen molar-refractivity contribution in [2.24, 2.45) is 13.0 Å². The maximum absolute atomic E-state index is 11.8. The largest absolute Gasteiger partial charge is 0.307 e. The van der Waals surface area contributed by atoms with Crippen molar-refractivity contribution in [3.05, 3.63) is 46.5 Å². The van der Waals surface area contributed by atoms with E-state index in [4.69, 9.17) is 17.3 Å². The molecule has 152 valence electrons. The first-order valence-electron chi connectivity index (χ1n) is 10.0. The highest BCUT2D eigenvalue weighted by molar-refractivity contribution is 7.91. The van der Waals surface area contributed by atoms with Crippen LogP contribution in [0.25, 0.3) is 0 Å². The lowest BCUT2D eigenvalue weighted by atomic mass is 9.90. The summed E-state index contributed by atoms with van der Waals surface area (Å²) in [7, 11) is -1.03. The molecule has 1 aromatic heterocycles. The average molecular weight is 421 g/mol. The van der Waals surface area contributed by atoms with E-state index < -0.39 is 9.84 Å². The summed E-state index contributed by atoms with van der Waals surface area (Å²) >= 11 is 5.57. The van der Waals surface area contributed by atoms with Gasteiger partial charge in [-0.25, -0.2) is 13.1 Å². The first kappa shape index (κ1) is 19.8. The molecule has 1 aromatic carbocycles. The second kappa shape index (κ2) is 8.08. The molecule has 2 saturated heterocycles. The Balaban J connectivity index is 1.37. The quantitative estimate of drug-likeness (QED) is 0.696. The van der Waals surface area contributed by atoms with Crippen molar-refractivity contribution >= 4 is 22.1 Å². The van der Waals surface area contributed by atoms with Gasteiger partial charge in [-0.05, 0) is 49.4 Å². The number of benzene rings is 1. The van der Waals surface area contributed by atoms with E-state index in [1.54, 1.807) is 0 Å². The van der Waals surface area contributed by atoms with Crippen LogP contribution in [-0.4, -0.2) is 52.3 Å². The van der Waals surface area contributed by atoms with Gasteiger partial charge >= 0.3 is 0 Å². The van der Waals surface area contributed by atoms with E-state index in [0.29, 0.717) is 17.9 Å². The molecule has 0 saturated carbocycles. The molecule has 0 N–H and O–H groups in total. The smallest absolute Gasteiger partial charge is 0.198 e. The van der Waals surface area contributed by atoms with Crippen LogP contribution in [0.2, 0.25) is 0 Å². The molecule has 2 aromatic rings. The monoisotopic (exact) mass is 420 g/mol. The van der Waals surface area contributed by atoms with Gasteiger partial charge in [-0.15, -0.1) is 0 Å². The third-order valence-corrected chi connectivity index (χ3v) is 8.33. The summed E-state index contributed by atoms with van der Waals surface area (Å²) < 4.78 is 28.1. The van der Waals surface area contributed by atoms with Crippen molar-refractivity contribution in [2.75, 3.05) is 24.6 Å². The second-order valence-corrected chi connectivity index (χ2v) is 10.8. The van der Waals surface area contributed by atoms with E-state index in [2.05, 4.69) is 35.2 Å². The van der Waals surface area contributed by atoms with Crippen molar-refractivity contribution in [1.29, 1.82) is 0 Å². The number of nitrogens with zero attached hydrogens (tertiary/aromatic N) is 4. The van der Waals surface area contributed by atoms with Gasteiger partial charge in [0.15, 0.2) is 14.6 Å². The summed E-state index contributed by atoms with van der Waals surface area (Å²) in [6.07, 6.45) is 4.16. The molecule has 0 spiro atoms. The van der Waals surface area contributed by atoms with E-state index in [-0.39, 0.29) is 17.4 Å². The molecule has 3 heterocycles. The fourth-order valence-corrected chi connectivity index (χ4v) is 6.35. The predicted molar refractivity (Wildman–Crippen MR) is 112 cm³/mol. The van der Waals surface area contributed by atoms with Gasteiger partial charge in [0.1, 0.15) is 5.82 Å². The van der Waals surface area contributed by atoms with Crippen LogP contribution in [0.3, 0.4) is 0 Å². The molecule has 0 radical (unpaired) electrons. The number of rotatable bonds is 5. The number of aromatic nitrogens is 3. The zero-order chi connectivity index (χ0) is 19.7. The van der Waals surface area contributed by atoms with E-state index in [9.17, 15) is 8.42 Å². The number of hydrogen-bond acceptors (Lipinski definition) is 5. The zero-order valence-electron chi connectivity index (χ0n) is 16.3. The molecule has 2 aliphatic rings. The van der Waals surface area contributed by atoms with Crippen molar-refractivity contribution in [3.8, 4) is 0 Å². The zero-order valence-corrected chi connectivity index (χ0v) is 18.0. The Morgan fingerprint density at radius 3 is 2.50 bits per heavy atom. The number of sulfone groups is 1. The molecule has 8 heteroatoms. The van der Waals surface area contributed by atoms with Crippen LogP contribution >= 0.6 is 12.2 Å². The van der Waals surface area contributed by atoms with Gasteiger partial charge in [0, 0.05) is 26.1 Å². The molecule has 1 atom stereocenters. The summed E-state index contributed by atoms with van der Waals surface area (Å²) in [5.41, 5.74) is 1.42. The van der Waals surface area contributed by atoms with E-state index in [1.165, 1.54) is 18.4 Å². The predicted octanol–water partition coefficient (Wildman–Crippen LogP) is 2.77. The molecule has 4 rings (SSSR count). The third-order valence-electron chi connectivity index (χ3n) is 6.08. The lowest BCUT2D eigenvalue weighted by Crippen LogP contribution is -2.36. The van der Waals surface area contributed by atoms with Crippen molar-refractivity contribution in [3.63, 3.8) is 0 Å². The summed E-state index contributed by atoms with van der Waals surface area (Å²) in [4.78, 5) is 2.40. The van der Waals surface area contributed by atoms with Crippen LogP contribution in [-0.2, 0) is 30.0 Å². The lowest BCUT2D eigenvalue weighted by Gasteiger charge is -2.31. The summed E-state index contributed by atoms with van der Waals surface area (Å²) in [5, 5.41) is 4.71. The highest BCUT2D eigenvalue weighted by Gasteiger charge is 2.32. The Hall–Kier alpha value is -1.51. The molecule has 0 bridgehead atoms. The highest BCUT2D eigenvalue weighted by atomic mass is 32.2. The minimum absolute atomic E-state index is 0.0328. The topological polar surface area (TPSA) is 60.1 Å². The molecule has 2 aliphatic heterocycles. The van der Waals surface area contributed by atoms with Crippen LogP contribution in [0.5, 0.6) is 0 Å². The van der Waals surface area contributed by atoms with E-state index in [0.717, 1.165) is 31.3 Å². The molecule has 0 amide bonds. The molecule has 0 aliphatic carbocycles. The van der Waals surface area contributed by atoms with Gasteiger partial charge in [-0.1, -0.05) is 30.3 Å². The summed E-state index contributed by atoms with van der Waals surface area (Å²) in [5.74, 6) is 1.96. The van der Waals surface area contributed by atoms with Crippen LogP contribution < -0.4 is 0 Å². The molecule has 6 nitrogen and oxygen atoms in total. The average Bonchev–Trinajstić information content (AvgIpc) is 3.18. The Morgan fingerprint density at radius 1 is 1.14 bits per heavy atom. The minimum atomic E-state index is -2.93. The van der Waals surface area contributed by atoms with Crippen LogP contribution in [0.1, 0.15) is 36.6 Å². The molecule has 28 heavy (non-hydrogen) atoms. The Morgan fingerprint density at radius 2 is 1.86 bits per heavy atom. The SMILES string of the molecule is Cn1c([C@H]2CCS(=O)(=O)C2)nn(CN2CCC(Cc3ccccc3)CC2)c1=S. The van der Waals surface area contributed by atoms with Crippen LogP contribution in [0.15, 0.2) is 30.3 Å². The number of piperidine rings is 1. The maximum Gasteiger partial charge on any atom is 0.198 e. The van der Waals surface area contributed by atoms with E-state index in [1.807, 2.05) is 16.3 Å². The van der Waals surface area contributed by atoms with Gasteiger partial charge in [0.2, 0.25) is 0 Å². The fraction of sp³-hybridized carbons (Fsp3) is 0.600. The molecular weight excluding hydrogens is 392 g/mol. The summed E-state index contributed by atoms with van der Waals surface area (Å²) in [6, 6.07) is 10.7. The molecular formula is C20H28N4O2S2. The fourth-order valence-electron chi connectivity index (χ4n) is 4.42. The standard InChI is InChI=1S/C20H28N4O2S2/c1-22-19(18-9-12-28(25,26)14-18)21-24(20(22)27)15-23-10-7-17(8-11-23)13-16-5-3-2-4-6-16/h2-6,17-18H,7-15H2,1H3/t18-/m0/s1. The Labute approximate surface area is 172 Å². The van der Waals surface area contributed by atoms with Gasteiger partial charge in [0.05, 0.1) is 18.2 Å². The normalized spacial score (nSPS) is 23.2. The number of hydrogen-bond donors (Lipinski definition) is 0. The van der Waals surface area contributed by atoms with Crippen LogP contribution in [0.4, 0.5) is 0 Å². The molecule has 0 unspecified atom stereocenters. The Kier molecular flexibility index (Phi) is 5.71. The lowest BCUT2D eigenvalue weighted by molar-refractivity contribution is 0.139. The summed E-state index contributed by atoms with van der Waals surface area (Å²) in [6.45, 7) is 2.77. The van der Waals surface area contributed by atoms with Gasteiger partial charge in [-0.3, -0.25) is 4.90 Å². The third kappa shape index (κ3) is 4.39. The van der Waals surface area contributed by atoms with Gasteiger partial charge < -0.3 is 4.57 Å². The van der Waals surface area contributed by atoms with Gasteiger partial charge in [0.25, 0.3) is 0 Å².